The molecule has 0 aromatic rings. The number of aliphatic hydroxyl groups excluding tert-OH is 1. The number of rotatable bonds is 32. The number of phosphoric ester groups is 1. The third-order valence-electron chi connectivity index (χ3n) is 6.84. The fourth-order valence-corrected chi connectivity index (χ4v) is 4.89. The van der Waals surface area contributed by atoms with Crippen LogP contribution >= 0.6 is 7.82 Å². The van der Waals surface area contributed by atoms with E-state index in [0.29, 0.717) is 12.8 Å². The molecular weight excluding hydrogens is 641 g/mol. The Morgan fingerprint density at radius 1 is 0.653 bits per heavy atom. The lowest BCUT2D eigenvalue weighted by atomic mass is 10.1. The summed E-state index contributed by atoms with van der Waals surface area (Å²) in [5, 5.41) is 12.5. The number of aliphatic hydroxyl groups is 1. The van der Waals surface area contributed by atoms with Crippen molar-refractivity contribution in [2.45, 2.75) is 123 Å². The number of unbranched alkanes of at least 4 members (excludes halogenated alkanes) is 5. The first-order valence-electron chi connectivity index (χ1n) is 18.1. The minimum Gasteiger partial charge on any atom is -0.463 e. The van der Waals surface area contributed by atoms with Crippen LogP contribution in [-0.2, 0) is 27.9 Å². The molecule has 0 saturated carbocycles. The SMILES string of the molecule is CC/C=C\C/C=C\C/C=C\C/C=C\C/C=C\C/C=C\C/C=C\CCCC(=O)OCC(O)COP(=O)(O)OCCNC(=O)CCCCCCC. The van der Waals surface area contributed by atoms with Gasteiger partial charge < -0.3 is 20.1 Å². The van der Waals surface area contributed by atoms with Crippen molar-refractivity contribution < 1.29 is 37.9 Å². The standard InChI is InChI=1S/C39H64NO8P/c1-3-5-7-9-10-11-12-13-14-15-16-17-18-19-20-21-22-23-24-25-26-28-30-32-39(43)46-35-37(41)36-48-49(44,45)47-34-33-40-38(42)31-29-27-8-6-4-2/h5,7,10-11,13-14,16-17,19-20,22-23,25-26,37,41H,3-4,6,8-9,12,15,18,21,24,27-36H2,1-2H3,(H,40,42)(H,44,45)/b7-5-,11-10-,14-13-,17-16-,20-19-,23-22-,26-25-. The molecule has 49 heavy (non-hydrogen) atoms. The number of phosphoric acid groups is 1. The molecule has 0 rings (SSSR count). The first-order valence-corrected chi connectivity index (χ1v) is 19.6. The Kier molecular flexibility index (Phi) is 33.0. The zero-order valence-electron chi connectivity index (χ0n) is 30.1. The topological polar surface area (TPSA) is 131 Å². The minimum atomic E-state index is -4.41. The first-order chi connectivity index (χ1) is 23.8. The second-order valence-corrected chi connectivity index (χ2v) is 12.9. The molecule has 0 aromatic heterocycles. The zero-order valence-corrected chi connectivity index (χ0v) is 31.0. The average molecular weight is 706 g/mol. The molecule has 2 atom stereocenters. The van der Waals surface area contributed by atoms with Crippen molar-refractivity contribution in [1.29, 1.82) is 0 Å². The van der Waals surface area contributed by atoms with E-state index in [-0.39, 0.29) is 32.1 Å². The van der Waals surface area contributed by atoms with Gasteiger partial charge in [-0.3, -0.25) is 18.6 Å². The van der Waals surface area contributed by atoms with Crippen molar-refractivity contribution in [2.75, 3.05) is 26.4 Å². The summed E-state index contributed by atoms with van der Waals surface area (Å²) in [6.07, 6.45) is 42.8. The number of ether oxygens (including phenoxy) is 1. The number of nitrogens with one attached hydrogen (secondary N) is 1. The molecule has 278 valence electrons. The summed E-state index contributed by atoms with van der Waals surface area (Å²) < 4.78 is 26.5. The third kappa shape index (κ3) is 36.3. The van der Waals surface area contributed by atoms with Crippen molar-refractivity contribution in [1.82, 2.24) is 5.32 Å². The van der Waals surface area contributed by atoms with Crippen LogP contribution in [-0.4, -0.2) is 54.3 Å². The van der Waals surface area contributed by atoms with Crippen LogP contribution in [0.3, 0.4) is 0 Å². The maximum Gasteiger partial charge on any atom is 0.472 e. The highest BCUT2D eigenvalue weighted by molar-refractivity contribution is 7.47. The smallest absolute Gasteiger partial charge is 0.463 e. The van der Waals surface area contributed by atoms with Gasteiger partial charge >= 0.3 is 13.8 Å². The number of hydrogen-bond acceptors (Lipinski definition) is 7. The molecule has 0 bridgehead atoms. The predicted molar refractivity (Wildman–Crippen MR) is 201 cm³/mol. The highest BCUT2D eigenvalue weighted by Crippen LogP contribution is 2.42. The summed E-state index contributed by atoms with van der Waals surface area (Å²) >= 11 is 0. The van der Waals surface area contributed by atoms with Gasteiger partial charge in [0.1, 0.15) is 12.7 Å². The van der Waals surface area contributed by atoms with E-state index in [2.05, 4.69) is 98.2 Å². The second kappa shape index (κ2) is 35.0. The van der Waals surface area contributed by atoms with Crippen LogP contribution in [0.25, 0.3) is 0 Å². The van der Waals surface area contributed by atoms with Gasteiger partial charge in [0.2, 0.25) is 5.91 Å². The van der Waals surface area contributed by atoms with Crippen molar-refractivity contribution in [3.05, 3.63) is 85.1 Å². The summed E-state index contributed by atoms with van der Waals surface area (Å²) in [4.78, 5) is 33.4. The summed E-state index contributed by atoms with van der Waals surface area (Å²) in [5.74, 6) is -0.600. The van der Waals surface area contributed by atoms with Crippen LogP contribution in [0, 0.1) is 0 Å². The average Bonchev–Trinajstić information content (AvgIpc) is 3.08. The highest BCUT2D eigenvalue weighted by atomic mass is 31.2. The summed E-state index contributed by atoms with van der Waals surface area (Å²) in [5.41, 5.74) is 0. The molecule has 0 aliphatic carbocycles. The lowest BCUT2D eigenvalue weighted by Crippen LogP contribution is -2.27. The molecule has 0 heterocycles. The van der Waals surface area contributed by atoms with Gasteiger partial charge in [0.25, 0.3) is 0 Å². The largest absolute Gasteiger partial charge is 0.472 e. The molecule has 10 heteroatoms. The van der Waals surface area contributed by atoms with Gasteiger partial charge in [0.15, 0.2) is 0 Å². The van der Waals surface area contributed by atoms with E-state index in [1.807, 2.05) is 6.08 Å². The number of carbonyl (C=O) groups excluding carboxylic acids is 2. The minimum absolute atomic E-state index is 0.0690. The van der Waals surface area contributed by atoms with Crippen LogP contribution in [0.4, 0.5) is 0 Å². The molecular formula is C39H64NO8P. The van der Waals surface area contributed by atoms with Crippen LogP contribution in [0.1, 0.15) is 117 Å². The van der Waals surface area contributed by atoms with Gasteiger partial charge in [-0.25, -0.2) is 4.57 Å². The van der Waals surface area contributed by atoms with E-state index < -0.39 is 26.5 Å². The number of esters is 1. The van der Waals surface area contributed by atoms with Crippen molar-refractivity contribution in [2.24, 2.45) is 0 Å². The van der Waals surface area contributed by atoms with Crippen LogP contribution in [0.15, 0.2) is 85.1 Å². The molecule has 1 amide bonds. The van der Waals surface area contributed by atoms with E-state index >= 15 is 0 Å². The number of hydrogen-bond donors (Lipinski definition) is 3. The monoisotopic (exact) mass is 705 g/mol. The molecule has 0 saturated heterocycles. The molecule has 9 nitrogen and oxygen atoms in total. The summed E-state index contributed by atoms with van der Waals surface area (Å²) in [6.45, 7) is 3.23. The van der Waals surface area contributed by atoms with Gasteiger partial charge in [0.05, 0.1) is 13.2 Å². The molecule has 0 aliphatic rings. The van der Waals surface area contributed by atoms with E-state index in [0.717, 1.165) is 83.5 Å². The van der Waals surface area contributed by atoms with E-state index in [4.69, 9.17) is 13.8 Å². The summed E-state index contributed by atoms with van der Waals surface area (Å²) in [7, 11) is -4.41. The van der Waals surface area contributed by atoms with E-state index in [1.165, 1.54) is 0 Å². The van der Waals surface area contributed by atoms with Crippen molar-refractivity contribution in [3.63, 3.8) is 0 Å². The Morgan fingerprint density at radius 2 is 1.16 bits per heavy atom. The molecule has 0 aliphatic heterocycles. The Morgan fingerprint density at radius 3 is 1.69 bits per heavy atom. The first kappa shape index (κ1) is 46.2. The molecule has 0 fully saturated rings. The van der Waals surface area contributed by atoms with Crippen LogP contribution in [0.2, 0.25) is 0 Å². The lowest BCUT2D eigenvalue weighted by molar-refractivity contribution is -0.147. The number of amides is 1. The van der Waals surface area contributed by atoms with Crippen molar-refractivity contribution in [3.8, 4) is 0 Å². The normalized spacial score (nSPS) is 14.4. The van der Waals surface area contributed by atoms with Gasteiger partial charge in [-0.15, -0.1) is 0 Å². The number of allylic oxidation sites excluding steroid dienone is 14. The third-order valence-corrected chi connectivity index (χ3v) is 7.82. The van der Waals surface area contributed by atoms with Crippen LogP contribution < -0.4 is 5.32 Å². The molecule has 0 aromatic carbocycles. The molecule has 0 spiro atoms. The maximum atomic E-state index is 12.0. The molecule has 3 N–H and O–H groups in total. The Hall–Kier alpha value is -2.81. The van der Waals surface area contributed by atoms with Crippen molar-refractivity contribution >= 4 is 19.7 Å². The highest BCUT2D eigenvalue weighted by Gasteiger charge is 2.23. The van der Waals surface area contributed by atoms with E-state index in [9.17, 15) is 24.2 Å². The zero-order chi connectivity index (χ0) is 36.1. The second-order valence-electron chi connectivity index (χ2n) is 11.5. The van der Waals surface area contributed by atoms with Gasteiger partial charge in [0, 0.05) is 19.4 Å². The number of carbonyl (C=O) groups is 2. The Balaban J connectivity index is 3.77. The maximum absolute atomic E-state index is 12.0. The quantitative estimate of drug-likeness (QED) is 0.0273. The van der Waals surface area contributed by atoms with Gasteiger partial charge in [-0.05, 0) is 64.2 Å². The predicted octanol–water partition coefficient (Wildman–Crippen LogP) is 9.32. The molecule has 0 radical (unpaired) electrons. The summed E-state index contributed by atoms with van der Waals surface area (Å²) in [6, 6.07) is 0. The van der Waals surface area contributed by atoms with E-state index in [1.54, 1.807) is 0 Å². The Labute approximate surface area is 296 Å². The lowest BCUT2D eigenvalue weighted by Gasteiger charge is -2.15. The Bertz CT molecular complexity index is 1080. The van der Waals surface area contributed by atoms with Gasteiger partial charge in [-0.1, -0.05) is 125 Å². The molecule has 2 unspecified atom stereocenters. The fourth-order valence-electron chi connectivity index (χ4n) is 4.13. The fraction of sp³-hybridized carbons (Fsp3) is 0.590. The van der Waals surface area contributed by atoms with Crippen LogP contribution in [0.5, 0.6) is 0 Å². The van der Waals surface area contributed by atoms with Gasteiger partial charge in [-0.2, -0.15) is 0 Å².